The second-order valence-electron chi connectivity index (χ2n) is 4.41. The van der Waals surface area contributed by atoms with Gasteiger partial charge in [0.05, 0.1) is 18.0 Å². The highest BCUT2D eigenvalue weighted by Crippen LogP contribution is 2.22. The molecule has 1 aromatic carbocycles. The average molecular weight is 255 g/mol. The van der Waals surface area contributed by atoms with Gasteiger partial charge in [-0.25, -0.2) is 4.39 Å². The monoisotopic (exact) mass is 255 g/mol. The summed E-state index contributed by atoms with van der Waals surface area (Å²) in [5, 5.41) is 3.21. The molecule has 0 radical (unpaired) electrons. The van der Waals surface area contributed by atoms with Crippen LogP contribution in [0, 0.1) is 12.7 Å². The Morgan fingerprint density at radius 1 is 1.39 bits per heavy atom. The van der Waals surface area contributed by atoms with Crippen molar-refractivity contribution in [3.8, 4) is 0 Å². The summed E-state index contributed by atoms with van der Waals surface area (Å²) in [5.41, 5.74) is 7.58. The van der Waals surface area contributed by atoms with Crippen molar-refractivity contribution >= 4 is 11.4 Å². The minimum absolute atomic E-state index is 0.268. The van der Waals surface area contributed by atoms with Crippen LogP contribution in [-0.2, 0) is 4.74 Å². The van der Waals surface area contributed by atoms with E-state index >= 15 is 0 Å². The largest absolute Gasteiger partial charge is 0.397 e. The number of nitrogens with zero attached hydrogens (tertiary/aromatic N) is 1. The Kier molecular flexibility index (Phi) is 5.88. The summed E-state index contributed by atoms with van der Waals surface area (Å²) in [4.78, 5) is 2.16. The molecule has 1 aromatic rings. The molecule has 102 valence electrons. The van der Waals surface area contributed by atoms with Gasteiger partial charge in [0.1, 0.15) is 5.82 Å². The third-order valence-corrected chi connectivity index (χ3v) is 2.82. The number of benzene rings is 1. The van der Waals surface area contributed by atoms with E-state index in [9.17, 15) is 4.39 Å². The molecule has 0 saturated heterocycles. The van der Waals surface area contributed by atoms with Crippen LogP contribution in [-0.4, -0.2) is 45.3 Å². The van der Waals surface area contributed by atoms with E-state index in [1.54, 1.807) is 20.1 Å². The molecule has 0 aliphatic heterocycles. The molecule has 3 N–H and O–H groups in total. The van der Waals surface area contributed by atoms with E-state index in [2.05, 4.69) is 10.2 Å². The van der Waals surface area contributed by atoms with Crippen molar-refractivity contribution < 1.29 is 9.13 Å². The van der Waals surface area contributed by atoms with E-state index in [1.165, 1.54) is 6.07 Å². The molecule has 0 aromatic heterocycles. The molecular weight excluding hydrogens is 233 g/mol. The second-order valence-corrected chi connectivity index (χ2v) is 4.41. The molecule has 1 rings (SSSR count). The number of hydrogen-bond donors (Lipinski definition) is 2. The fraction of sp³-hybridized carbons (Fsp3) is 0.538. The maximum atomic E-state index is 13.2. The van der Waals surface area contributed by atoms with Crippen molar-refractivity contribution in [2.24, 2.45) is 0 Å². The van der Waals surface area contributed by atoms with Gasteiger partial charge >= 0.3 is 0 Å². The fourth-order valence-electron chi connectivity index (χ4n) is 1.59. The van der Waals surface area contributed by atoms with Crippen LogP contribution >= 0.6 is 0 Å². The van der Waals surface area contributed by atoms with Gasteiger partial charge in [0.25, 0.3) is 0 Å². The maximum Gasteiger partial charge on any atom is 0.128 e. The third kappa shape index (κ3) is 4.50. The lowest BCUT2D eigenvalue weighted by molar-refractivity contribution is 0.163. The first-order chi connectivity index (χ1) is 8.54. The minimum atomic E-state index is -0.268. The molecule has 5 heteroatoms. The third-order valence-electron chi connectivity index (χ3n) is 2.82. The first-order valence-electron chi connectivity index (χ1n) is 6.01. The van der Waals surface area contributed by atoms with E-state index in [0.717, 1.165) is 25.3 Å². The molecule has 0 amide bonds. The summed E-state index contributed by atoms with van der Waals surface area (Å²) >= 11 is 0. The summed E-state index contributed by atoms with van der Waals surface area (Å²) in [7, 11) is 3.72. The van der Waals surface area contributed by atoms with Crippen LogP contribution in [0.4, 0.5) is 15.8 Å². The number of halogens is 1. The number of hydrogen-bond acceptors (Lipinski definition) is 4. The minimum Gasteiger partial charge on any atom is -0.397 e. The van der Waals surface area contributed by atoms with Gasteiger partial charge in [-0.2, -0.15) is 0 Å². The summed E-state index contributed by atoms with van der Waals surface area (Å²) in [5.74, 6) is -0.268. The Bertz CT molecular complexity index is 385. The first-order valence-corrected chi connectivity index (χ1v) is 6.01. The summed E-state index contributed by atoms with van der Waals surface area (Å²) < 4.78 is 18.2. The first kappa shape index (κ1) is 14.7. The van der Waals surface area contributed by atoms with Crippen molar-refractivity contribution in [2.45, 2.75) is 6.92 Å². The topological polar surface area (TPSA) is 50.5 Å². The van der Waals surface area contributed by atoms with Crippen molar-refractivity contribution in [3.63, 3.8) is 0 Å². The van der Waals surface area contributed by atoms with Crippen LogP contribution < -0.4 is 11.1 Å². The van der Waals surface area contributed by atoms with Crippen molar-refractivity contribution in [2.75, 3.05) is 51.4 Å². The molecule has 0 aliphatic rings. The normalized spacial score (nSPS) is 10.9. The summed E-state index contributed by atoms with van der Waals surface area (Å²) in [6, 6.07) is 3.09. The van der Waals surface area contributed by atoms with Crippen LogP contribution in [0.15, 0.2) is 12.1 Å². The quantitative estimate of drug-likeness (QED) is 0.728. The molecule has 0 bridgehead atoms. The molecule has 0 atom stereocenters. The number of methoxy groups -OCH3 is 1. The predicted molar refractivity (Wildman–Crippen MR) is 73.4 cm³/mol. The number of aryl methyl sites for hydroxylation is 1. The number of nitrogens with two attached hydrogens (primary N) is 1. The fourth-order valence-corrected chi connectivity index (χ4v) is 1.59. The molecule has 0 saturated carbocycles. The van der Waals surface area contributed by atoms with Crippen molar-refractivity contribution in [3.05, 3.63) is 23.5 Å². The highest BCUT2D eigenvalue weighted by atomic mass is 19.1. The highest BCUT2D eigenvalue weighted by molar-refractivity contribution is 5.67. The standard InChI is InChI=1S/C13H22FN3O/c1-10-8-13(12(15)9-11(10)14)16-4-5-17(2)6-7-18-3/h8-9,16H,4-7,15H2,1-3H3. The lowest BCUT2D eigenvalue weighted by Gasteiger charge is -2.17. The van der Waals surface area contributed by atoms with Gasteiger partial charge in [-0.15, -0.1) is 0 Å². The molecule has 0 unspecified atom stereocenters. The Balaban J connectivity index is 2.42. The van der Waals surface area contributed by atoms with Gasteiger partial charge in [0.15, 0.2) is 0 Å². The summed E-state index contributed by atoms with van der Waals surface area (Å²) in [6.07, 6.45) is 0. The zero-order chi connectivity index (χ0) is 13.5. The molecule has 0 heterocycles. The maximum absolute atomic E-state index is 13.2. The van der Waals surface area contributed by atoms with Gasteiger partial charge in [-0.1, -0.05) is 0 Å². The lowest BCUT2D eigenvalue weighted by Crippen LogP contribution is -2.28. The van der Waals surface area contributed by atoms with Gasteiger partial charge in [0, 0.05) is 26.7 Å². The average Bonchev–Trinajstić information content (AvgIpc) is 2.33. The number of likely N-dealkylation sites (N-methyl/N-ethyl adjacent to an activating group) is 1. The Labute approximate surface area is 108 Å². The highest BCUT2D eigenvalue weighted by Gasteiger charge is 2.04. The molecule has 0 aliphatic carbocycles. The summed E-state index contributed by atoms with van der Waals surface area (Å²) in [6.45, 7) is 4.96. The van der Waals surface area contributed by atoms with Gasteiger partial charge in [-0.3, -0.25) is 0 Å². The van der Waals surface area contributed by atoms with E-state index < -0.39 is 0 Å². The van der Waals surface area contributed by atoms with E-state index in [1.807, 2.05) is 7.05 Å². The van der Waals surface area contributed by atoms with E-state index in [0.29, 0.717) is 17.9 Å². The van der Waals surface area contributed by atoms with Gasteiger partial charge in [-0.05, 0) is 31.7 Å². The zero-order valence-electron chi connectivity index (χ0n) is 11.3. The number of anilines is 2. The van der Waals surface area contributed by atoms with Crippen LogP contribution in [0.3, 0.4) is 0 Å². The molecule has 18 heavy (non-hydrogen) atoms. The smallest absolute Gasteiger partial charge is 0.128 e. The van der Waals surface area contributed by atoms with Gasteiger partial charge < -0.3 is 20.7 Å². The Morgan fingerprint density at radius 2 is 2.11 bits per heavy atom. The van der Waals surface area contributed by atoms with E-state index in [-0.39, 0.29) is 5.82 Å². The zero-order valence-corrected chi connectivity index (χ0v) is 11.3. The Hall–Kier alpha value is -1.33. The lowest BCUT2D eigenvalue weighted by atomic mass is 10.2. The van der Waals surface area contributed by atoms with Crippen LogP contribution in [0.25, 0.3) is 0 Å². The predicted octanol–water partition coefficient (Wildman–Crippen LogP) is 1.71. The number of nitrogens with one attached hydrogen (secondary N) is 1. The number of nitrogen functional groups attached to an aromatic ring is 1. The van der Waals surface area contributed by atoms with Crippen molar-refractivity contribution in [1.82, 2.24) is 4.90 Å². The van der Waals surface area contributed by atoms with Gasteiger partial charge in [0.2, 0.25) is 0 Å². The van der Waals surface area contributed by atoms with Crippen molar-refractivity contribution in [1.29, 1.82) is 0 Å². The number of ether oxygens (including phenoxy) is 1. The second kappa shape index (κ2) is 7.18. The van der Waals surface area contributed by atoms with Crippen LogP contribution in [0.2, 0.25) is 0 Å². The SMILES string of the molecule is COCCN(C)CCNc1cc(C)c(F)cc1N. The van der Waals surface area contributed by atoms with Crippen LogP contribution in [0.1, 0.15) is 5.56 Å². The van der Waals surface area contributed by atoms with Crippen LogP contribution in [0.5, 0.6) is 0 Å². The molecule has 0 spiro atoms. The van der Waals surface area contributed by atoms with E-state index in [4.69, 9.17) is 10.5 Å². The molecule has 4 nitrogen and oxygen atoms in total. The Morgan fingerprint density at radius 3 is 2.78 bits per heavy atom. The molecular formula is C13H22FN3O. The molecule has 0 fully saturated rings. The number of rotatable bonds is 7.